The summed E-state index contributed by atoms with van der Waals surface area (Å²) >= 11 is 2.87. The Labute approximate surface area is 174 Å². The van der Waals surface area contributed by atoms with E-state index in [0.29, 0.717) is 28.0 Å². The predicted octanol–water partition coefficient (Wildman–Crippen LogP) is 3.42. The van der Waals surface area contributed by atoms with Crippen molar-refractivity contribution in [1.82, 2.24) is 9.13 Å². The molecule has 0 aliphatic carbocycles. The third-order valence-corrected chi connectivity index (χ3v) is 6.54. The van der Waals surface area contributed by atoms with Crippen LogP contribution in [0.1, 0.15) is 15.2 Å². The zero-order valence-electron chi connectivity index (χ0n) is 15.7. The maximum absolute atomic E-state index is 13.1. The van der Waals surface area contributed by atoms with E-state index in [2.05, 4.69) is 0 Å². The number of carbonyl (C=O) groups is 1. The molecule has 0 spiro atoms. The Balaban J connectivity index is 1.71. The SMILES string of the molecule is COc1ccc(C(=O)Cn2c(=O)n(CCc3cccs3)c(=O)c3sccc32)cc1. The maximum Gasteiger partial charge on any atom is 0.331 e. The van der Waals surface area contributed by atoms with Crippen LogP contribution in [0.3, 0.4) is 0 Å². The Morgan fingerprint density at radius 3 is 2.48 bits per heavy atom. The zero-order chi connectivity index (χ0) is 20.4. The molecule has 148 valence electrons. The average molecular weight is 427 g/mol. The molecular weight excluding hydrogens is 408 g/mol. The van der Waals surface area contributed by atoms with Crippen molar-refractivity contribution in [3.05, 3.63) is 84.5 Å². The van der Waals surface area contributed by atoms with E-state index in [4.69, 9.17) is 4.74 Å². The number of benzene rings is 1. The number of hydrogen-bond acceptors (Lipinski definition) is 6. The first-order chi connectivity index (χ1) is 14.1. The largest absolute Gasteiger partial charge is 0.497 e. The van der Waals surface area contributed by atoms with Gasteiger partial charge in [0.25, 0.3) is 5.56 Å². The fourth-order valence-electron chi connectivity index (χ4n) is 3.17. The Bertz CT molecular complexity index is 1260. The normalized spacial score (nSPS) is 11.1. The maximum atomic E-state index is 13.1. The van der Waals surface area contributed by atoms with E-state index in [1.165, 1.54) is 20.5 Å². The summed E-state index contributed by atoms with van der Waals surface area (Å²) in [5.74, 6) is 0.451. The van der Waals surface area contributed by atoms with Gasteiger partial charge in [-0.2, -0.15) is 0 Å². The minimum Gasteiger partial charge on any atom is -0.497 e. The highest BCUT2D eigenvalue weighted by Crippen LogP contribution is 2.17. The number of ether oxygens (including phenoxy) is 1. The number of thiophene rings is 2. The van der Waals surface area contributed by atoms with Crippen LogP contribution in [0.2, 0.25) is 0 Å². The average Bonchev–Trinajstić information content (AvgIpc) is 3.43. The second-order valence-electron chi connectivity index (χ2n) is 6.44. The standard InChI is InChI=1S/C21H18N2O4S2/c1-27-15-6-4-14(5-7-15)18(24)13-23-17-9-12-29-19(17)20(25)22(21(23)26)10-8-16-3-2-11-28-16/h2-7,9,11-12H,8,10,13H2,1H3. The second-order valence-corrected chi connectivity index (χ2v) is 8.39. The van der Waals surface area contributed by atoms with Crippen LogP contribution in [-0.2, 0) is 19.5 Å². The summed E-state index contributed by atoms with van der Waals surface area (Å²) < 4.78 is 8.24. The molecule has 4 aromatic rings. The summed E-state index contributed by atoms with van der Waals surface area (Å²) in [6.07, 6.45) is 0.593. The van der Waals surface area contributed by atoms with Crippen molar-refractivity contribution in [2.24, 2.45) is 0 Å². The van der Waals surface area contributed by atoms with Crippen LogP contribution < -0.4 is 16.0 Å². The number of rotatable bonds is 7. The molecule has 0 aliphatic heterocycles. The molecular formula is C21H18N2O4S2. The molecule has 6 nitrogen and oxygen atoms in total. The van der Waals surface area contributed by atoms with Gasteiger partial charge < -0.3 is 4.74 Å². The molecule has 3 aromatic heterocycles. The Morgan fingerprint density at radius 2 is 1.79 bits per heavy atom. The van der Waals surface area contributed by atoms with Gasteiger partial charge in [0.05, 0.1) is 19.2 Å². The van der Waals surface area contributed by atoms with Gasteiger partial charge in [0.2, 0.25) is 0 Å². The van der Waals surface area contributed by atoms with Crippen molar-refractivity contribution in [1.29, 1.82) is 0 Å². The molecule has 0 saturated heterocycles. The lowest BCUT2D eigenvalue weighted by molar-refractivity contribution is 0.0971. The lowest BCUT2D eigenvalue weighted by Gasteiger charge is -2.12. The van der Waals surface area contributed by atoms with E-state index in [9.17, 15) is 14.4 Å². The first-order valence-corrected chi connectivity index (χ1v) is 10.7. The van der Waals surface area contributed by atoms with E-state index >= 15 is 0 Å². The van der Waals surface area contributed by atoms with Crippen LogP contribution in [0, 0.1) is 0 Å². The van der Waals surface area contributed by atoms with Gasteiger partial charge in [-0.05, 0) is 53.6 Å². The number of fused-ring (bicyclic) bond motifs is 1. The van der Waals surface area contributed by atoms with Crippen molar-refractivity contribution in [3.63, 3.8) is 0 Å². The quantitative estimate of drug-likeness (QED) is 0.425. The number of nitrogens with zero attached hydrogens (tertiary/aromatic N) is 2. The number of aryl methyl sites for hydroxylation is 1. The van der Waals surface area contributed by atoms with Crippen LogP contribution in [-0.4, -0.2) is 22.0 Å². The molecule has 0 aliphatic rings. The minimum atomic E-state index is -0.459. The molecule has 0 fully saturated rings. The molecule has 0 N–H and O–H groups in total. The lowest BCUT2D eigenvalue weighted by Crippen LogP contribution is -2.41. The summed E-state index contributed by atoms with van der Waals surface area (Å²) in [6, 6.07) is 12.4. The number of hydrogen-bond donors (Lipinski definition) is 0. The Kier molecular flexibility index (Phi) is 5.46. The fourth-order valence-corrected chi connectivity index (χ4v) is 4.71. The first kappa shape index (κ1) is 19.4. The molecule has 0 amide bonds. The smallest absolute Gasteiger partial charge is 0.331 e. The van der Waals surface area contributed by atoms with Crippen molar-refractivity contribution in [2.45, 2.75) is 19.5 Å². The third-order valence-electron chi connectivity index (χ3n) is 4.71. The van der Waals surface area contributed by atoms with E-state index in [1.807, 2.05) is 17.5 Å². The zero-order valence-corrected chi connectivity index (χ0v) is 17.3. The number of carbonyl (C=O) groups excluding carboxylic acids is 1. The van der Waals surface area contributed by atoms with Gasteiger partial charge in [0.15, 0.2) is 5.78 Å². The van der Waals surface area contributed by atoms with Gasteiger partial charge in [0.1, 0.15) is 10.4 Å². The predicted molar refractivity (Wildman–Crippen MR) is 116 cm³/mol. The summed E-state index contributed by atoms with van der Waals surface area (Å²) in [4.78, 5) is 39.8. The van der Waals surface area contributed by atoms with Crippen molar-refractivity contribution >= 4 is 38.7 Å². The number of methoxy groups -OCH3 is 1. The number of aromatic nitrogens is 2. The van der Waals surface area contributed by atoms with Crippen molar-refractivity contribution < 1.29 is 9.53 Å². The van der Waals surface area contributed by atoms with E-state index in [-0.39, 0.29) is 24.4 Å². The molecule has 3 heterocycles. The molecule has 8 heteroatoms. The van der Waals surface area contributed by atoms with Crippen LogP contribution in [0.15, 0.2) is 62.8 Å². The number of ketones is 1. The Morgan fingerprint density at radius 1 is 1.00 bits per heavy atom. The minimum absolute atomic E-state index is 0.127. The molecule has 4 rings (SSSR count). The molecule has 0 radical (unpaired) electrons. The van der Waals surface area contributed by atoms with Gasteiger partial charge in [-0.1, -0.05) is 6.07 Å². The molecule has 0 atom stereocenters. The van der Waals surface area contributed by atoms with Gasteiger partial charge >= 0.3 is 5.69 Å². The first-order valence-electron chi connectivity index (χ1n) is 8.99. The molecule has 0 unspecified atom stereocenters. The molecule has 0 saturated carbocycles. The van der Waals surface area contributed by atoms with E-state index in [1.54, 1.807) is 54.2 Å². The van der Waals surface area contributed by atoms with E-state index in [0.717, 1.165) is 4.88 Å². The summed E-state index contributed by atoms with van der Waals surface area (Å²) in [6.45, 7) is 0.153. The fraction of sp³-hybridized carbons (Fsp3) is 0.190. The number of Topliss-reactive ketones (excluding diaryl/α,β-unsaturated/α-hetero) is 1. The molecule has 29 heavy (non-hydrogen) atoms. The van der Waals surface area contributed by atoms with E-state index < -0.39 is 5.69 Å². The molecule has 1 aromatic carbocycles. The van der Waals surface area contributed by atoms with Gasteiger partial charge in [-0.25, -0.2) is 4.79 Å². The summed E-state index contributed by atoms with van der Waals surface area (Å²) in [7, 11) is 1.56. The highest BCUT2D eigenvalue weighted by molar-refractivity contribution is 7.17. The van der Waals surface area contributed by atoms with Gasteiger partial charge in [-0.3, -0.25) is 18.7 Å². The van der Waals surface area contributed by atoms with Gasteiger partial charge in [0, 0.05) is 17.0 Å². The van der Waals surface area contributed by atoms with Crippen LogP contribution >= 0.6 is 22.7 Å². The van der Waals surface area contributed by atoms with Crippen LogP contribution in [0.25, 0.3) is 10.2 Å². The van der Waals surface area contributed by atoms with Crippen LogP contribution in [0.5, 0.6) is 5.75 Å². The topological polar surface area (TPSA) is 70.3 Å². The lowest BCUT2D eigenvalue weighted by atomic mass is 10.1. The molecule has 0 bridgehead atoms. The monoisotopic (exact) mass is 426 g/mol. The third kappa shape index (κ3) is 3.81. The highest BCUT2D eigenvalue weighted by atomic mass is 32.1. The van der Waals surface area contributed by atoms with Gasteiger partial charge in [-0.15, -0.1) is 22.7 Å². The van der Waals surface area contributed by atoms with Crippen LogP contribution in [0.4, 0.5) is 0 Å². The van der Waals surface area contributed by atoms with Crippen molar-refractivity contribution in [2.75, 3.05) is 7.11 Å². The summed E-state index contributed by atoms with van der Waals surface area (Å²) in [5.41, 5.74) is 0.223. The Hall–Kier alpha value is -2.97. The second kappa shape index (κ2) is 8.18. The summed E-state index contributed by atoms with van der Waals surface area (Å²) in [5, 5.41) is 3.73. The van der Waals surface area contributed by atoms with Crippen molar-refractivity contribution in [3.8, 4) is 5.75 Å². The highest BCUT2D eigenvalue weighted by Gasteiger charge is 2.17.